The zero-order valence-corrected chi connectivity index (χ0v) is 31.5. The van der Waals surface area contributed by atoms with Crippen LogP contribution in [0.4, 0.5) is 0 Å². The topological polar surface area (TPSA) is 89.1 Å². The van der Waals surface area contributed by atoms with Gasteiger partial charge in [0.15, 0.2) is 0 Å². The molecule has 1 saturated carbocycles. The standard InChI is InChI=1S/C44H59N3O5/c1-32(2)26-40(44(49)52-37-18-11-12-19-37)46-23-13-22-45-29-34-20-24-47(25-21-34)43(48)39-27-38(33(3)4)41(50-30-35-14-7-5-8-15-35)28-42(39)51-31-36-16-9-6-10-17-36/h5-10,14-17,27-28,32,34,37,40,45-46H,3,11-13,18-26,29-31H2,1-2,4H3. The van der Waals surface area contributed by atoms with E-state index in [4.69, 9.17) is 14.2 Å². The Bertz CT molecular complexity index is 1560. The Morgan fingerprint density at radius 1 is 0.827 bits per heavy atom. The molecule has 2 fully saturated rings. The van der Waals surface area contributed by atoms with Crippen LogP contribution in [0, 0.1) is 11.8 Å². The Labute approximate surface area is 311 Å². The van der Waals surface area contributed by atoms with Crippen molar-refractivity contribution in [3.8, 4) is 11.5 Å². The summed E-state index contributed by atoms with van der Waals surface area (Å²) in [6, 6.07) is 23.5. The number of piperidine rings is 1. The van der Waals surface area contributed by atoms with Crippen LogP contribution in [-0.2, 0) is 22.7 Å². The van der Waals surface area contributed by atoms with Crippen LogP contribution >= 0.6 is 0 Å². The van der Waals surface area contributed by atoms with Crippen LogP contribution in [0.25, 0.3) is 5.57 Å². The van der Waals surface area contributed by atoms with Gasteiger partial charge in [-0.3, -0.25) is 9.59 Å². The summed E-state index contributed by atoms with van der Waals surface area (Å²) in [5.74, 6) is 1.97. The summed E-state index contributed by atoms with van der Waals surface area (Å²) in [6.45, 7) is 15.1. The molecule has 0 radical (unpaired) electrons. The van der Waals surface area contributed by atoms with E-state index >= 15 is 0 Å². The predicted octanol–water partition coefficient (Wildman–Crippen LogP) is 8.20. The normalized spacial score (nSPS) is 15.8. The van der Waals surface area contributed by atoms with E-state index in [0.717, 1.165) is 93.3 Å². The third kappa shape index (κ3) is 12.0. The predicted molar refractivity (Wildman–Crippen MR) is 208 cm³/mol. The smallest absolute Gasteiger partial charge is 0.323 e. The monoisotopic (exact) mass is 709 g/mol. The van der Waals surface area contributed by atoms with E-state index < -0.39 is 0 Å². The fraction of sp³-hybridized carbons (Fsp3) is 0.500. The van der Waals surface area contributed by atoms with Gasteiger partial charge in [-0.05, 0) is 113 Å². The van der Waals surface area contributed by atoms with Gasteiger partial charge in [-0.25, -0.2) is 0 Å². The lowest BCUT2D eigenvalue weighted by Gasteiger charge is -2.33. The highest BCUT2D eigenvalue weighted by Gasteiger charge is 2.28. The molecule has 1 aliphatic heterocycles. The van der Waals surface area contributed by atoms with Gasteiger partial charge >= 0.3 is 5.97 Å². The van der Waals surface area contributed by atoms with Crippen molar-refractivity contribution in [1.82, 2.24) is 15.5 Å². The SMILES string of the molecule is C=C(C)c1cc(C(=O)N2CCC(CNCCCNC(CC(C)C)C(=O)OC3CCCC3)CC2)c(OCc2ccccc2)cc1OCc1ccccc1. The molecule has 1 unspecified atom stereocenters. The van der Waals surface area contributed by atoms with Gasteiger partial charge in [-0.1, -0.05) is 81.1 Å². The number of hydrogen-bond donors (Lipinski definition) is 2. The number of hydrogen-bond acceptors (Lipinski definition) is 7. The van der Waals surface area contributed by atoms with E-state index in [0.29, 0.717) is 55.2 Å². The molecule has 5 rings (SSSR count). The van der Waals surface area contributed by atoms with Crippen molar-refractivity contribution in [2.24, 2.45) is 11.8 Å². The number of esters is 1. The largest absolute Gasteiger partial charge is 0.488 e. The molecule has 2 N–H and O–H groups in total. The third-order valence-corrected chi connectivity index (χ3v) is 10.1. The van der Waals surface area contributed by atoms with Crippen LogP contribution in [0.5, 0.6) is 11.5 Å². The summed E-state index contributed by atoms with van der Waals surface area (Å²) in [7, 11) is 0. The second kappa shape index (κ2) is 20.2. The van der Waals surface area contributed by atoms with Crippen molar-refractivity contribution in [3.63, 3.8) is 0 Å². The van der Waals surface area contributed by atoms with E-state index in [9.17, 15) is 9.59 Å². The van der Waals surface area contributed by atoms with Crippen LogP contribution in [-0.4, -0.2) is 61.6 Å². The maximum Gasteiger partial charge on any atom is 0.323 e. The second-order valence-corrected chi connectivity index (χ2v) is 14.9. The van der Waals surface area contributed by atoms with E-state index in [-0.39, 0.29) is 24.0 Å². The minimum Gasteiger partial charge on any atom is -0.488 e. The summed E-state index contributed by atoms with van der Waals surface area (Å²) < 4.78 is 18.5. The molecule has 0 bridgehead atoms. The number of carbonyl (C=O) groups is 2. The summed E-state index contributed by atoms with van der Waals surface area (Å²) in [5, 5.41) is 7.09. The molecule has 3 aromatic carbocycles. The van der Waals surface area contributed by atoms with Gasteiger partial charge in [0.25, 0.3) is 5.91 Å². The number of nitrogens with zero attached hydrogens (tertiary/aromatic N) is 1. The molecular formula is C44H59N3O5. The Balaban J connectivity index is 1.13. The fourth-order valence-electron chi connectivity index (χ4n) is 7.06. The zero-order valence-electron chi connectivity index (χ0n) is 31.5. The Morgan fingerprint density at radius 2 is 1.42 bits per heavy atom. The number of nitrogens with one attached hydrogen (secondary N) is 2. The highest BCUT2D eigenvalue weighted by Crippen LogP contribution is 2.35. The Morgan fingerprint density at radius 3 is 2.00 bits per heavy atom. The maximum absolute atomic E-state index is 14.1. The Hall–Kier alpha value is -4.14. The van der Waals surface area contributed by atoms with Crippen LogP contribution < -0.4 is 20.1 Å². The average Bonchev–Trinajstić information content (AvgIpc) is 3.67. The number of benzene rings is 3. The lowest BCUT2D eigenvalue weighted by Crippen LogP contribution is -2.42. The average molecular weight is 710 g/mol. The van der Waals surface area contributed by atoms with E-state index in [1.807, 2.05) is 84.6 Å². The summed E-state index contributed by atoms with van der Waals surface area (Å²) in [6.07, 6.45) is 8.00. The molecule has 1 saturated heterocycles. The van der Waals surface area contributed by atoms with Crippen LogP contribution in [0.1, 0.15) is 99.2 Å². The molecular weight excluding hydrogens is 651 g/mol. The van der Waals surface area contributed by atoms with E-state index in [2.05, 4.69) is 31.1 Å². The molecule has 1 aliphatic carbocycles. The van der Waals surface area contributed by atoms with Gasteiger partial charge in [-0.15, -0.1) is 0 Å². The van der Waals surface area contributed by atoms with Crippen molar-refractivity contribution < 1.29 is 23.8 Å². The molecule has 8 nitrogen and oxygen atoms in total. The van der Waals surface area contributed by atoms with Crippen molar-refractivity contribution in [3.05, 3.63) is 102 Å². The molecule has 52 heavy (non-hydrogen) atoms. The lowest BCUT2D eigenvalue weighted by molar-refractivity contribution is -0.151. The van der Waals surface area contributed by atoms with Gasteiger partial charge in [0.05, 0.1) is 5.56 Å². The molecule has 0 spiro atoms. The first-order valence-corrected chi connectivity index (χ1v) is 19.4. The number of ether oxygens (including phenoxy) is 3. The van der Waals surface area contributed by atoms with Gasteiger partial charge < -0.3 is 29.7 Å². The zero-order chi connectivity index (χ0) is 36.7. The first kappa shape index (κ1) is 39.1. The van der Waals surface area contributed by atoms with Gasteiger partial charge in [-0.2, -0.15) is 0 Å². The van der Waals surface area contributed by atoms with Crippen LogP contribution in [0.2, 0.25) is 0 Å². The highest BCUT2D eigenvalue weighted by molar-refractivity contribution is 5.98. The number of allylic oxidation sites excluding steroid dienone is 1. The molecule has 0 aromatic heterocycles. The molecule has 2 aliphatic rings. The van der Waals surface area contributed by atoms with Gasteiger partial charge in [0, 0.05) is 24.7 Å². The van der Waals surface area contributed by atoms with E-state index in [1.54, 1.807) is 0 Å². The number of likely N-dealkylation sites (tertiary alicyclic amines) is 1. The first-order chi connectivity index (χ1) is 25.3. The van der Waals surface area contributed by atoms with Gasteiger partial charge in [0.1, 0.15) is 36.9 Å². The Kier molecular flexibility index (Phi) is 15.2. The first-order valence-electron chi connectivity index (χ1n) is 19.4. The number of carbonyl (C=O) groups excluding carboxylic acids is 2. The summed E-state index contributed by atoms with van der Waals surface area (Å²) in [4.78, 5) is 28.9. The third-order valence-electron chi connectivity index (χ3n) is 10.1. The van der Waals surface area contributed by atoms with Crippen LogP contribution in [0.3, 0.4) is 0 Å². The molecule has 1 heterocycles. The maximum atomic E-state index is 14.1. The van der Waals surface area contributed by atoms with Crippen molar-refractivity contribution >= 4 is 17.4 Å². The number of rotatable bonds is 19. The highest BCUT2D eigenvalue weighted by atomic mass is 16.5. The molecule has 8 heteroatoms. The van der Waals surface area contributed by atoms with Gasteiger partial charge in [0.2, 0.25) is 0 Å². The fourth-order valence-corrected chi connectivity index (χ4v) is 7.06. The molecule has 3 aromatic rings. The minimum atomic E-state index is -0.240. The van der Waals surface area contributed by atoms with Crippen molar-refractivity contribution in [2.45, 2.75) is 97.5 Å². The lowest BCUT2D eigenvalue weighted by atomic mass is 9.95. The van der Waals surface area contributed by atoms with Crippen LogP contribution in [0.15, 0.2) is 79.4 Å². The second-order valence-electron chi connectivity index (χ2n) is 14.9. The molecule has 1 atom stereocenters. The molecule has 280 valence electrons. The summed E-state index contributed by atoms with van der Waals surface area (Å²) in [5.41, 5.74) is 4.25. The van der Waals surface area contributed by atoms with Crippen molar-refractivity contribution in [2.75, 3.05) is 32.7 Å². The minimum absolute atomic E-state index is 0.0277. The quantitative estimate of drug-likeness (QED) is 0.0959. The van der Waals surface area contributed by atoms with Crippen molar-refractivity contribution in [1.29, 1.82) is 0 Å². The molecule has 1 amide bonds. The number of amides is 1. The van der Waals surface area contributed by atoms with E-state index in [1.165, 1.54) is 0 Å². The summed E-state index contributed by atoms with van der Waals surface area (Å²) >= 11 is 0.